The largest absolute Gasteiger partial charge is 0.122 e. The van der Waals surface area contributed by atoms with Gasteiger partial charge in [-0.25, -0.2) is 0 Å². The number of rotatable bonds is 3. The first-order chi connectivity index (χ1) is 7.93. The number of thioether (sulfide) groups is 1. The van der Waals surface area contributed by atoms with E-state index < -0.39 is 0 Å². The quantitative estimate of drug-likeness (QED) is 0.750. The van der Waals surface area contributed by atoms with Crippen LogP contribution in [0.1, 0.15) is 17.9 Å². The molecule has 1 fully saturated rings. The SMILES string of the molecule is c1ccc(S[C@H]2C[C@@H]2c2ccccc2)cc1. The van der Waals surface area contributed by atoms with Crippen molar-refractivity contribution >= 4 is 11.8 Å². The van der Waals surface area contributed by atoms with Crippen LogP contribution >= 0.6 is 11.8 Å². The van der Waals surface area contributed by atoms with E-state index >= 15 is 0 Å². The van der Waals surface area contributed by atoms with Crippen molar-refractivity contribution in [1.82, 2.24) is 0 Å². The summed E-state index contributed by atoms with van der Waals surface area (Å²) < 4.78 is 0. The molecule has 2 aromatic carbocycles. The van der Waals surface area contributed by atoms with Crippen molar-refractivity contribution in [3.8, 4) is 0 Å². The van der Waals surface area contributed by atoms with Crippen LogP contribution in [0, 0.1) is 0 Å². The van der Waals surface area contributed by atoms with Gasteiger partial charge >= 0.3 is 0 Å². The zero-order valence-electron chi connectivity index (χ0n) is 9.04. The van der Waals surface area contributed by atoms with Gasteiger partial charge in [0.25, 0.3) is 0 Å². The van der Waals surface area contributed by atoms with E-state index in [0.717, 1.165) is 11.2 Å². The normalized spacial score (nSPS) is 23.0. The van der Waals surface area contributed by atoms with Crippen molar-refractivity contribution in [2.75, 3.05) is 0 Å². The van der Waals surface area contributed by atoms with Gasteiger partial charge in [0.2, 0.25) is 0 Å². The van der Waals surface area contributed by atoms with Crippen molar-refractivity contribution in [1.29, 1.82) is 0 Å². The molecule has 0 spiro atoms. The van der Waals surface area contributed by atoms with Crippen molar-refractivity contribution < 1.29 is 0 Å². The number of benzene rings is 2. The van der Waals surface area contributed by atoms with Crippen LogP contribution in [0.5, 0.6) is 0 Å². The fraction of sp³-hybridized carbons (Fsp3) is 0.200. The summed E-state index contributed by atoms with van der Waals surface area (Å²) in [7, 11) is 0. The topological polar surface area (TPSA) is 0 Å². The summed E-state index contributed by atoms with van der Waals surface area (Å²) in [5, 5.41) is 0.782. The van der Waals surface area contributed by atoms with Gasteiger partial charge in [-0.05, 0) is 30.0 Å². The maximum atomic E-state index is 2.25. The molecule has 0 radical (unpaired) electrons. The molecule has 0 unspecified atom stereocenters. The van der Waals surface area contributed by atoms with Gasteiger partial charge < -0.3 is 0 Å². The zero-order valence-corrected chi connectivity index (χ0v) is 9.86. The summed E-state index contributed by atoms with van der Waals surface area (Å²) in [5.74, 6) is 0.770. The number of hydrogen-bond acceptors (Lipinski definition) is 1. The Morgan fingerprint density at radius 3 is 2.12 bits per heavy atom. The second kappa shape index (κ2) is 4.34. The summed E-state index contributed by atoms with van der Waals surface area (Å²) in [4.78, 5) is 1.39. The summed E-state index contributed by atoms with van der Waals surface area (Å²) in [5.41, 5.74) is 1.50. The molecule has 80 valence electrons. The molecule has 1 aliphatic carbocycles. The third kappa shape index (κ3) is 2.14. The van der Waals surface area contributed by atoms with Gasteiger partial charge in [-0.15, -0.1) is 11.8 Å². The molecule has 0 nitrogen and oxygen atoms in total. The van der Waals surface area contributed by atoms with Crippen molar-refractivity contribution in [3.05, 3.63) is 66.2 Å². The van der Waals surface area contributed by atoms with Gasteiger partial charge in [-0.3, -0.25) is 0 Å². The van der Waals surface area contributed by atoms with Crippen molar-refractivity contribution in [3.63, 3.8) is 0 Å². The molecule has 2 aromatic rings. The van der Waals surface area contributed by atoms with Crippen LogP contribution in [-0.4, -0.2) is 5.25 Å². The lowest BCUT2D eigenvalue weighted by atomic mass is 10.1. The van der Waals surface area contributed by atoms with Crippen molar-refractivity contribution in [2.24, 2.45) is 0 Å². The Kier molecular flexibility index (Phi) is 2.71. The minimum Gasteiger partial charge on any atom is -0.122 e. The van der Waals surface area contributed by atoms with E-state index in [1.54, 1.807) is 0 Å². The molecule has 0 N–H and O–H groups in total. The first-order valence-electron chi connectivity index (χ1n) is 5.70. The number of hydrogen-bond donors (Lipinski definition) is 0. The van der Waals surface area contributed by atoms with Gasteiger partial charge in [-0.1, -0.05) is 48.5 Å². The Balaban J connectivity index is 1.65. The Hall–Kier alpha value is -1.21. The van der Waals surface area contributed by atoms with Crippen LogP contribution in [0.25, 0.3) is 0 Å². The first kappa shape index (κ1) is 9.98. The van der Waals surface area contributed by atoms with E-state index in [1.165, 1.54) is 16.9 Å². The second-order valence-corrected chi connectivity index (χ2v) is 5.53. The van der Waals surface area contributed by atoms with Crippen LogP contribution in [0.15, 0.2) is 65.6 Å². The average Bonchev–Trinajstić information content (AvgIpc) is 3.11. The molecule has 1 aliphatic rings. The summed E-state index contributed by atoms with van der Waals surface area (Å²) in [6.07, 6.45) is 1.32. The second-order valence-electron chi connectivity index (χ2n) is 4.22. The fourth-order valence-electron chi connectivity index (χ4n) is 2.03. The zero-order chi connectivity index (χ0) is 10.8. The molecule has 0 bridgehead atoms. The molecule has 0 heterocycles. The van der Waals surface area contributed by atoms with Gasteiger partial charge in [-0.2, -0.15) is 0 Å². The summed E-state index contributed by atoms with van der Waals surface area (Å²) in [6.45, 7) is 0. The van der Waals surface area contributed by atoms with Gasteiger partial charge in [0, 0.05) is 10.1 Å². The van der Waals surface area contributed by atoms with Gasteiger partial charge in [0.15, 0.2) is 0 Å². The van der Waals surface area contributed by atoms with E-state index in [-0.39, 0.29) is 0 Å². The Morgan fingerprint density at radius 2 is 1.44 bits per heavy atom. The maximum absolute atomic E-state index is 2.25. The highest BCUT2D eigenvalue weighted by atomic mass is 32.2. The molecular formula is C15H14S. The molecule has 0 saturated heterocycles. The molecule has 1 saturated carbocycles. The first-order valence-corrected chi connectivity index (χ1v) is 6.58. The van der Waals surface area contributed by atoms with E-state index in [4.69, 9.17) is 0 Å². The maximum Gasteiger partial charge on any atom is 0.0170 e. The molecule has 0 aromatic heterocycles. The van der Waals surface area contributed by atoms with Crippen molar-refractivity contribution in [2.45, 2.75) is 22.5 Å². The fourth-order valence-corrected chi connectivity index (χ4v) is 3.32. The van der Waals surface area contributed by atoms with Gasteiger partial charge in [0.1, 0.15) is 0 Å². The molecule has 0 aliphatic heterocycles. The van der Waals surface area contributed by atoms with Crippen LogP contribution in [0.3, 0.4) is 0 Å². The molecule has 0 amide bonds. The van der Waals surface area contributed by atoms with Crippen LogP contribution in [0.2, 0.25) is 0 Å². The Labute approximate surface area is 101 Å². The minimum absolute atomic E-state index is 0.770. The van der Waals surface area contributed by atoms with Gasteiger partial charge in [0.05, 0.1) is 0 Å². The predicted molar refractivity (Wildman–Crippen MR) is 69.9 cm³/mol. The van der Waals surface area contributed by atoms with Crippen LogP contribution in [0.4, 0.5) is 0 Å². The lowest BCUT2D eigenvalue weighted by molar-refractivity contribution is 1.13. The highest BCUT2D eigenvalue weighted by Gasteiger charge is 2.38. The predicted octanol–water partition coefficient (Wildman–Crippen LogP) is 4.33. The lowest BCUT2D eigenvalue weighted by Gasteiger charge is -2.00. The molecule has 1 heteroatoms. The smallest absolute Gasteiger partial charge is 0.0170 e. The molecular weight excluding hydrogens is 212 g/mol. The minimum atomic E-state index is 0.770. The summed E-state index contributed by atoms with van der Waals surface area (Å²) >= 11 is 2.01. The molecule has 2 atom stereocenters. The Bertz CT molecular complexity index is 449. The molecule has 3 rings (SSSR count). The van der Waals surface area contributed by atoms with E-state index in [9.17, 15) is 0 Å². The van der Waals surface area contributed by atoms with E-state index in [2.05, 4.69) is 60.7 Å². The molecule has 16 heavy (non-hydrogen) atoms. The summed E-state index contributed by atoms with van der Waals surface area (Å²) in [6, 6.07) is 21.6. The third-order valence-electron chi connectivity index (χ3n) is 2.99. The Morgan fingerprint density at radius 1 is 0.812 bits per heavy atom. The highest BCUT2D eigenvalue weighted by Crippen LogP contribution is 2.51. The monoisotopic (exact) mass is 226 g/mol. The van der Waals surface area contributed by atoms with Crippen LogP contribution in [-0.2, 0) is 0 Å². The average molecular weight is 226 g/mol. The standard InChI is InChI=1S/C15H14S/c1-3-7-12(8-4-1)14-11-15(14)16-13-9-5-2-6-10-13/h1-10,14-15H,11H2/t14-,15+/m1/s1. The third-order valence-corrected chi connectivity index (χ3v) is 4.36. The van der Waals surface area contributed by atoms with E-state index in [1.807, 2.05) is 11.8 Å². The van der Waals surface area contributed by atoms with E-state index in [0.29, 0.717) is 0 Å². The van der Waals surface area contributed by atoms with Crippen LogP contribution < -0.4 is 0 Å². The highest BCUT2D eigenvalue weighted by molar-refractivity contribution is 8.00. The lowest BCUT2D eigenvalue weighted by Crippen LogP contribution is -1.83.